The molecule has 1 aromatic rings. The summed E-state index contributed by atoms with van der Waals surface area (Å²) in [5.74, 6) is 0.0484. The van der Waals surface area contributed by atoms with Crippen molar-refractivity contribution in [2.45, 2.75) is 32.7 Å². The molecule has 22 heavy (non-hydrogen) atoms. The molecule has 0 aliphatic carbocycles. The first-order valence-electron chi connectivity index (χ1n) is 7.49. The summed E-state index contributed by atoms with van der Waals surface area (Å²) in [5, 5.41) is 9.00. The van der Waals surface area contributed by atoms with E-state index in [-0.39, 0.29) is 36.2 Å². The number of amides is 2. The molecule has 1 aromatic carbocycles. The van der Waals surface area contributed by atoms with Gasteiger partial charge in [0.15, 0.2) is 0 Å². The first kappa shape index (κ1) is 18.5. The maximum Gasteiger partial charge on any atom is 0.251 e. The van der Waals surface area contributed by atoms with E-state index in [1.54, 1.807) is 24.3 Å². The summed E-state index contributed by atoms with van der Waals surface area (Å²) in [6.07, 6.45) is 1.75. The van der Waals surface area contributed by atoms with Crippen LogP contribution in [0.3, 0.4) is 0 Å². The smallest absolute Gasteiger partial charge is 0.251 e. The molecule has 1 aliphatic rings. The molecule has 0 aromatic heterocycles. The maximum atomic E-state index is 12.1. The van der Waals surface area contributed by atoms with Gasteiger partial charge in [0.2, 0.25) is 5.91 Å². The summed E-state index contributed by atoms with van der Waals surface area (Å²) >= 11 is 0. The van der Waals surface area contributed by atoms with Gasteiger partial charge in [0, 0.05) is 23.2 Å². The molecule has 1 fully saturated rings. The van der Waals surface area contributed by atoms with E-state index in [4.69, 9.17) is 0 Å². The Morgan fingerprint density at radius 2 is 1.73 bits per heavy atom. The predicted molar refractivity (Wildman–Crippen MR) is 90.5 cm³/mol. The molecule has 0 unspecified atom stereocenters. The first-order chi connectivity index (χ1) is 10.1. The Bertz CT molecular complexity index is 497. The van der Waals surface area contributed by atoms with Gasteiger partial charge >= 0.3 is 0 Å². The fourth-order valence-corrected chi connectivity index (χ4v) is 2.38. The molecule has 2 rings (SSSR count). The van der Waals surface area contributed by atoms with E-state index in [1.807, 2.05) is 13.8 Å². The Hall–Kier alpha value is -1.59. The minimum absolute atomic E-state index is 0. The number of piperidine rings is 1. The fraction of sp³-hybridized carbons (Fsp3) is 0.500. The van der Waals surface area contributed by atoms with E-state index in [0.717, 1.165) is 31.6 Å². The number of carbonyl (C=O) groups is 2. The highest BCUT2D eigenvalue weighted by Crippen LogP contribution is 2.16. The molecule has 0 saturated carbocycles. The van der Waals surface area contributed by atoms with E-state index in [0.29, 0.717) is 5.56 Å². The van der Waals surface area contributed by atoms with Crippen LogP contribution in [0, 0.1) is 5.92 Å². The van der Waals surface area contributed by atoms with Gasteiger partial charge in [0.05, 0.1) is 0 Å². The molecule has 0 atom stereocenters. The molecule has 5 nitrogen and oxygen atoms in total. The topological polar surface area (TPSA) is 70.2 Å². The van der Waals surface area contributed by atoms with Gasteiger partial charge in [0.1, 0.15) is 0 Å². The quantitative estimate of drug-likeness (QED) is 0.794. The van der Waals surface area contributed by atoms with Crippen LogP contribution in [0.1, 0.15) is 37.0 Å². The van der Waals surface area contributed by atoms with Crippen LogP contribution in [0.4, 0.5) is 5.69 Å². The summed E-state index contributed by atoms with van der Waals surface area (Å²) in [6.45, 7) is 5.63. The average molecular weight is 326 g/mol. The van der Waals surface area contributed by atoms with E-state index in [2.05, 4.69) is 16.0 Å². The highest BCUT2D eigenvalue weighted by molar-refractivity contribution is 5.96. The van der Waals surface area contributed by atoms with Gasteiger partial charge in [-0.1, -0.05) is 0 Å². The molecule has 3 N–H and O–H groups in total. The Balaban J connectivity index is 0.00000242. The third-order valence-corrected chi connectivity index (χ3v) is 3.54. The molecule has 122 valence electrons. The number of anilines is 1. The summed E-state index contributed by atoms with van der Waals surface area (Å²) in [7, 11) is 0. The van der Waals surface area contributed by atoms with Crippen LogP contribution in [-0.4, -0.2) is 30.9 Å². The largest absolute Gasteiger partial charge is 0.350 e. The molecule has 2 amide bonds. The zero-order chi connectivity index (χ0) is 15.2. The van der Waals surface area contributed by atoms with Gasteiger partial charge in [-0.25, -0.2) is 0 Å². The number of hydrogen-bond donors (Lipinski definition) is 3. The molecule has 0 spiro atoms. The van der Waals surface area contributed by atoms with Crippen molar-refractivity contribution in [3.8, 4) is 0 Å². The zero-order valence-electron chi connectivity index (χ0n) is 13.0. The second-order valence-electron chi connectivity index (χ2n) is 5.72. The van der Waals surface area contributed by atoms with Crippen molar-refractivity contribution in [2.24, 2.45) is 5.92 Å². The number of hydrogen-bond acceptors (Lipinski definition) is 3. The molecule has 1 heterocycles. The van der Waals surface area contributed by atoms with Gasteiger partial charge in [-0.3, -0.25) is 9.59 Å². The molecule has 0 radical (unpaired) electrons. The number of nitrogens with one attached hydrogen (secondary N) is 3. The molecular weight excluding hydrogens is 302 g/mol. The Morgan fingerprint density at radius 1 is 1.14 bits per heavy atom. The standard InChI is InChI=1S/C16H23N3O2.ClH/c1-11(2)18-15(20)12-3-5-14(6-4-12)19-16(21)13-7-9-17-10-8-13;/h3-6,11,13,17H,7-10H2,1-2H3,(H,18,20)(H,19,21);1H. The van der Waals surface area contributed by atoms with Crippen molar-refractivity contribution >= 4 is 29.9 Å². The van der Waals surface area contributed by atoms with E-state index in [1.165, 1.54) is 0 Å². The number of carbonyl (C=O) groups excluding carboxylic acids is 2. The highest BCUT2D eigenvalue weighted by Gasteiger charge is 2.20. The summed E-state index contributed by atoms with van der Waals surface area (Å²) in [4.78, 5) is 23.9. The minimum Gasteiger partial charge on any atom is -0.350 e. The molecule has 1 aliphatic heterocycles. The SMILES string of the molecule is CC(C)NC(=O)c1ccc(NC(=O)C2CCNCC2)cc1.Cl. The molecule has 0 bridgehead atoms. The molecular formula is C16H24ClN3O2. The number of rotatable bonds is 4. The Labute approximate surface area is 137 Å². The lowest BCUT2D eigenvalue weighted by atomic mass is 9.97. The normalized spacial score (nSPS) is 15.0. The van der Waals surface area contributed by atoms with Gasteiger partial charge in [0.25, 0.3) is 5.91 Å². The van der Waals surface area contributed by atoms with Crippen molar-refractivity contribution in [1.82, 2.24) is 10.6 Å². The van der Waals surface area contributed by atoms with Crippen molar-refractivity contribution in [3.05, 3.63) is 29.8 Å². The minimum atomic E-state index is -0.0961. The Morgan fingerprint density at radius 3 is 2.27 bits per heavy atom. The van der Waals surface area contributed by atoms with Crippen LogP contribution in [0.25, 0.3) is 0 Å². The van der Waals surface area contributed by atoms with Crippen molar-refractivity contribution in [3.63, 3.8) is 0 Å². The molecule has 6 heteroatoms. The summed E-state index contributed by atoms with van der Waals surface area (Å²) in [6, 6.07) is 7.12. The van der Waals surface area contributed by atoms with E-state index >= 15 is 0 Å². The van der Waals surface area contributed by atoms with Crippen molar-refractivity contribution in [1.29, 1.82) is 0 Å². The number of benzene rings is 1. The van der Waals surface area contributed by atoms with Crippen LogP contribution in [0.15, 0.2) is 24.3 Å². The Kier molecular flexibility index (Phi) is 7.35. The van der Waals surface area contributed by atoms with Crippen LogP contribution >= 0.6 is 12.4 Å². The van der Waals surface area contributed by atoms with Crippen LogP contribution in [0.5, 0.6) is 0 Å². The van der Waals surface area contributed by atoms with Crippen molar-refractivity contribution in [2.75, 3.05) is 18.4 Å². The van der Waals surface area contributed by atoms with Gasteiger partial charge < -0.3 is 16.0 Å². The van der Waals surface area contributed by atoms with Crippen molar-refractivity contribution < 1.29 is 9.59 Å². The van der Waals surface area contributed by atoms with Crippen LogP contribution in [-0.2, 0) is 4.79 Å². The third kappa shape index (κ3) is 5.31. The highest BCUT2D eigenvalue weighted by atomic mass is 35.5. The lowest BCUT2D eigenvalue weighted by Crippen LogP contribution is -2.34. The zero-order valence-corrected chi connectivity index (χ0v) is 13.8. The fourth-order valence-electron chi connectivity index (χ4n) is 2.38. The summed E-state index contributed by atoms with van der Waals surface area (Å²) < 4.78 is 0. The van der Waals surface area contributed by atoms with E-state index < -0.39 is 0 Å². The third-order valence-electron chi connectivity index (χ3n) is 3.54. The lowest BCUT2D eigenvalue weighted by Gasteiger charge is -2.21. The van der Waals surface area contributed by atoms with E-state index in [9.17, 15) is 9.59 Å². The maximum absolute atomic E-state index is 12.1. The number of halogens is 1. The lowest BCUT2D eigenvalue weighted by molar-refractivity contribution is -0.120. The van der Waals surface area contributed by atoms with Gasteiger partial charge in [-0.15, -0.1) is 12.4 Å². The molecule has 1 saturated heterocycles. The van der Waals surface area contributed by atoms with Crippen LogP contribution < -0.4 is 16.0 Å². The van der Waals surface area contributed by atoms with Gasteiger partial charge in [-0.05, 0) is 64.0 Å². The second-order valence-corrected chi connectivity index (χ2v) is 5.72. The predicted octanol–water partition coefficient (Wildman–Crippen LogP) is 2.18. The second kappa shape index (κ2) is 8.76. The van der Waals surface area contributed by atoms with Crippen LogP contribution in [0.2, 0.25) is 0 Å². The average Bonchev–Trinajstić information content (AvgIpc) is 2.48. The first-order valence-corrected chi connectivity index (χ1v) is 7.49. The van der Waals surface area contributed by atoms with Gasteiger partial charge in [-0.2, -0.15) is 0 Å². The monoisotopic (exact) mass is 325 g/mol. The summed E-state index contributed by atoms with van der Waals surface area (Å²) in [5.41, 5.74) is 1.34.